The number of hydrogen-bond donors (Lipinski definition) is 2. The molecule has 8 heteroatoms. The maximum absolute atomic E-state index is 13.1. The molecule has 0 bridgehead atoms. The van der Waals surface area contributed by atoms with E-state index in [0.717, 1.165) is 56.2 Å². The van der Waals surface area contributed by atoms with Gasteiger partial charge in [-0.25, -0.2) is 4.39 Å². The molecule has 1 aromatic carbocycles. The van der Waals surface area contributed by atoms with Gasteiger partial charge in [0.25, 0.3) is 0 Å². The SMILES string of the molecule is C[C@H]1CCCCN1c1cc(N2CCCCCC2)nc(NC(=S)NCCCc2ccc(F)cc2)n1. The zero-order chi connectivity index (χ0) is 23.8. The molecule has 4 rings (SSSR count). The van der Waals surface area contributed by atoms with Crippen LogP contribution < -0.4 is 20.4 Å². The summed E-state index contributed by atoms with van der Waals surface area (Å²) in [6.07, 6.45) is 10.4. The fourth-order valence-corrected chi connectivity index (χ4v) is 5.01. The number of halogens is 1. The number of nitrogens with one attached hydrogen (secondary N) is 2. The molecular weight excluding hydrogens is 447 g/mol. The highest BCUT2D eigenvalue weighted by Gasteiger charge is 2.22. The second kappa shape index (κ2) is 12.3. The largest absolute Gasteiger partial charge is 0.362 e. The van der Waals surface area contributed by atoms with E-state index in [0.29, 0.717) is 17.1 Å². The Morgan fingerprint density at radius 2 is 1.71 bits per heavy atom. The van der Waals surface area contributed by atoms with Gasteiger partial charge in [0.05, 0.1) is 0 Å². The van der Waals surface area contributed by atoms with Gasteiger partial charge in [-0.15, -0.1) is 0 Å². The molecule has 3 heterocycles. The highest BCUT2D eigenvalue weighted by molar-refractivity contribution is 7.80. The van der Waals surface area contributed by atoms with Crippen LogP contribution in [0.1, 0.15) is 63.9 Å². The minimum Gasteiger partial charge on any atom is -0.362 e. The number of aromatic nitrogens is 2. The third kappa shape index (κ3) is 7.01. The highest BCUT2D eigenvalue weighted by atomic mass is 32.1. The first-order chi connectivity index (χ1) is 16.6. The van der Waals surface area contributed by atoms with E-state index in [2.05, 4.69) is 33.4 Å². The van der Waals surface area contributed by atoms with E-state index in [1.54, 1.807) is 0 Å². The second-order valence-corrected chi connectivity index (χ2v) is 9.87. The molecule has 0 amide bonds. The van der Waals surface area contributed by atoms with Crippen molar-refractivity contribution in [3.8, 4) is 0 Å². The summed E-state index contributed by atoms with van der Waals surface area (Å²) in [6.45, 7) is 6.12. The standard InChI is InChI=1S/C26H37FN6S/c1-20-9-4-7-18-33(20)24-19-23(32-16-5-2-3-6-17-32)29-25(30-24)31-26(34)28-15-8-10-21-11-13-22(27)14-12-21/h11-14,19-20H,2-10,15-18H2,1H3,(H2,28,29,30,31,34)/t20-/m0/s1. The normalized spacial score (nSPS) is 18.9. The first-order valence-electron chi connectivity index (χ1n) is 12.8. The van der Waals surface area contributed by atoms with E-state index in [1.165, 1.54) is 57.1 Å². The zero-order valence-corrected chi connectivity index (χ0v) is 21.0. The van der Waals surface area contributed by atoms with Crippen LogP contribution >= 0.6 is 12.2 Å². The summed E-state index contributed by atoms with van der Waals surface area (Å²) in [7, 11) is 0. The summed E-state index contributed by atoms with van der Waals surface area (Å²) < 4.78 is 13.1. The van der Waals surface area contributed by atoms with Gasteiger partial charge in [0.2, 0.25) is 5.95 Å². The number of rotatable bonds is 7. The van der Waals surface area contributed by atoms with Gasteiger partial charge in [-0.3, -0.25) is 0 Å². The molecule has 2 N–H and O–H groups in total. The Labute approximate surface area is 208 Å². The second-order valence-electron chi connectivity index (χ2n) is 9.46. The quantitative estimate of drug-likeness (QED) is 0.409. The van der Waals surface area contributed by atoms with Crippen LogP contribution in [0.3, 0.4) is 0 Å². The molecule has 2 aromatic rings. The predicted molar refractivity (Wildman–Crippen MR) is 142 cm³/mol. The van der Waals surface area contributed by atoms with Crippen molar-refractivity contribution in [2.45, 2.75) is 70.8 Å². The molecule has 0 spiro atoms. The summed E-state index contributed by atoms with van der Waals surface area (Å²) in [5, 5.41) is 7.03. The van der Waals surface area contributed by atoms with E-state index in [-0.39, 0.29) is 5.82 Å². The smallest absolute Gasteiger partial charge is 0.232 e. The molecule has 2 aliphatic heterocycles. The van der Waals surface area contributed by atoms with Crippen LogP contribution in [-0.4, -0.2) is 47.3 Å². The number of nitrogens with zero attached hydrogens (tertiary/aromatic N) is 4. The zero-order valence-electron chi connectivity index (χ0n) is 20.2. The Kier molecular flexibility index (Phi) is 8.91. The number of anilines is 3. The van der Waals surface area contributed by atoms with Crippen molar-refractivity contribution in [3.63, 3.8) is 0 Å². The van der Waals surface area contributed by atoms with Gasteiger partial charge >= 0.3 is 0 Å². The molecule has 2 saturated heterocycles. The minimum atomic E-state index is -0.201. The molecule has 1 atom stereocenters. The van der Waals surface area contributed by atoms with Crippen LogP contribution in [0.25, 0.3) is 0 Å². The lowest BCUT2D eigenvalue weighted by Crippen LogP contribution is -2.38. The molecule has 0 unspecified atom stereocenters. The van der Waals surface area contributed by atoms with Crippen LogP contribution in [0.15, 0.2) is 30.3 Å². The van der Waals surface area contributed by atoms with Crippen molar-refractivity contribution in [2.24, 2.45) is 0 Å². The molecule has 2 fully saturated rings. The van der Waals surface area contributed by atoms with Crippen LogP contribution in [0.2, 0.25) is 0 Å². The van der Waals surface area contributed by atoms with E-state index in [1.807, 2.05) is 12.1 Å². The minimum absolute atomic E-state index is 0.201. The summed E-state index contributed by atoms with van der Waals surface area (Å²) >= 11 is 5.55. The molecule has 184 valence electrons. The number of piperidine rings is 1. The molecule has 2 aliphatic rings. The number of thiocarbonyl (C=S) groups is 1. The van der Waals surface area contributed by atoms with Gasteiger partial charge in [0.1, 0.15) is 17.5 Å². The summed E-state index contributed by atoms with van der Waals surface area (Å²) in [6, 6.07) is 9.31. The molecule has 0 aliphatic carbocycles. The Bertz CT molecular complexity index is 929. The van der Waals surface area contributed by atoms with E-state index in [9.17, 15) is 4.39 Å². The van der Waals surface area contributed by atoms with Crippen LogP contribution in [0, 0.1) is 5.82 Å². The van der Waals surface area contributed by atoms with Gasteiger partial charge < -0.3 is 20.4 Å². The third-order valence-corrected chi connectivity index (χ3v) is 7.04. The van der Waals surface area contributed by atoms with Gasteiger partial charge in [-0.05, 0) is 81.8 Å². The molecule has 34 heavy (non-hydrogen) atoms. The highest BCUT2D eigenvalue weighted by Crippen LogP contribution is 2.28. The van der Waals surface area contributed by atoms with Gasteiger partial charge in [-0.1, -0.05) is 25.0 Å². The predicted octanol–water partition coefficient (Wildman–Crippen LogP) is 5.29. The number of aryl methyl sites for hydroxylation is 1. The molecule has 6 nitrogen and oxygen atoms in total. The average molecular weight is 485 g/mol. The summed E-state index contributed by atoms with van der Waals surface area (Å²) in [5.41, 5.74) is 1.12. The Hall–Kier alpha value is -2.48. The maximum atomic E-state index is 13.1. The van der Waals surface area contributed by atoms with Gasteiger partial charge in [-0.2, -0.15) is 9.97 Å². The first-order valence-corrected chi connectivity index (χ1v) is 13.2. The van der Waals surface area contributed by atoms with Gasteiger partial charge in [0, 0.05) is 38.3 Å². The van der Waals surface area contributed by atoms with Crippen molar-refractivity contribution >= 4 is 34.9 Å². The topological polar surface area (TPSA) is 56.3 Å². The van der Waals surface area contributed by atoms with Crippen LogP contribution in [0.4, 0.5) is 22.0 Å². The Balaban J connectivity index is 1.40. The number of hydrogen-bond acceptors (Lipinski definition) is 5. The lowest BCUT2D eigenvalue weighted by Gasteiger charge is -2.35. The summed E-state index contributed by atoms with van der Waals surface area (Å²) in [4.78, 5) is 14.5. The maximum Gasteiger partial charge on any atom is 0.232 e. The van der Waals surface area contributed by atoms with Gasteiger partial charge in [0.15, 0.2) is 5.11 Å². The van der Waals surface area contributed by atoms with Crippen LogP contribution in [0.5, 0.6) is 0 Å². The van der Waals surface area contributed by atoms with Crippen molar-refractivity contribution in [3.05, 3.63) is 41.7 Å². The van der Waals surface area contributed by atoms with E-state index in [4.69, 9.17) is 22.2 Å². The molecular formula is C26H37FN6S. The van der Waals surface area contributed by atoms with Crippen molar-refractivity contribution in [2.75, 3.05) is 41.3 Å². The molecule has 0 radical (unpaired) electrons. The van der Waals surface area contributed by atoms with E-state index < -0.39 is 0 Å². The Morgan fingerprint density at radius 1 is 1.00 bits per heavy atom. The van der Waals surface area contributed by atoms with Crippen molar-refractivity contribution in [1.82, 2.24) is 15.3 Å². The first kappa shape index (κ1) is 24.6. The van der Waals surface area contributed by atoms with Crippen molar-refractivity contribution in [1.29, 1.82) is 0 Å². The van der Waals surface area contributed by atoms with Crippen molar-refractivity contribution < 1.29 is 4.39 Å². The summed E-state index contributed by atoms with van der Waals surface area (Å²) in [5.74, 6) is 2.34. The fraction of sp³-hybridized carbons (Fsp3) is 0.577. The lowest BCUT2D eigenvalue weighted by atomic mass is 10.0. The molecule has 0 saturated carbocycles. The lowest BCUT2D eigenvalue weighted by molar-refractivity contribution is 0.481. The van der Waals surface area contributed by atoms with Crippen LogP contribution in [-0.2, 0) is 6.42 Å². The fourth-order valence-electron chi connectivity index (χ4n) is 4.82. The number of benzene rings is 1. The molecule has 1 aromatic heterocycles. The Morgan fingerprint density at radius 3 is 2.44 bits per heavy atom. The average Bonchev–Trinajstić information content (AvgIpc) is 3.13. The van der Waals surface area contributed by atoms with E-state index >= 15 is 0 Å². The third-order valence-electron chi connectivity index (χ3n) is 6.79. The monoisotopic (exact) mass is 484 g/mol.